The number of nitrogens with one attached hydrogen (secondary N) is 1. The lowest BCUT2D eigenvalue weighted by Gasteiger charge is -2.23. The van der Waals surface area contributed by atoms with Crippen molar-refractivity contribution in [1.29, 1.82) is 0 Å². The lowest BCUT2D eigenvalue weighted by molar-refractivity contribution is -0.123. The van der Waals surface area contributed by atoms with Crippen LogP contribution in [0.3, 0.4) is 0 Å². The topological polar surface area (TPSA) is 58.4 Å². The Labute approximate surface area is 160 Å². The largest absolute Gasteiger partial charge is 0.348 e. The average Bonchev–Trinajstić information content (AvgIpc) is 2.56. The lowest BCUT2D eigenvalue weighted by Crippen LogP contribution is -2.40. The molecule has 4 nitrogen and oxygen atoms in total. The van der Waals surface area contributed by atoms with Crippen molar-refractivity contribution in [3.8, 4) is 0 Å². The van der Waals surface area contributed by atoms with Gasteiger partial charge in [-0.15, -0.1) is 12.4 Å². The van der Waals surface area contributed by atoms with Gasteiger partial charge in [0, 0.05) is 24.7 Å². The fourth-order valence-electron chi connectivity index (χ4n) is 2.63. The highest BCUT2D eigenvalue weighted by molar-refractivity contribution is 6.31. The van der Waals surface area contributed by atoms with Crippen LogP contribution in [0, 0.1) is 0 Å². The summed E-state index contributed by atoms with van der Waals surface area (Å²) < 4.78 is 0. The molecule has 0 saturated carbocycles. The molecule has 1 unspecified atom stereocenters. The first-order valence-corrected chi connectivity index (χ1v) is 8.48. The Hall–Kier alpha value is -1.59. The second kappa shape index (κ2) is 11.1. The highest BCUT2D eigenvalue weighted by Gasteiger charge is 2.15. The van der Waals surface area contributed by atoms with Crippen LogP contribution in [0.2, 0.25) is 5.02 Å². The van der Waals surface area contributed by atoms with E-state index in [9.17, 15) is 4.79 Å². The minimum Gasteiger partial charge on any atom is -0.348 e. The normalized spacial score (nSPS) is 11.7. The van der Waals surface area contributed by atoms with Crippen molar-refractivity contribution in [3.63, 3.8) is 0 Å². The zero-order valence-corrected chi connectivity index (χ0v) is 15.9. The summed E-state index contributed by atoms with van der Waals surface area (Å²) in [6, 6.07) is 17.5. The van der Waals surface area contributed by atoms with Gasteiger partial charge in [0.05, 0.1) is 12.6 Å². The summed E-state index contributed by atoms with van der Waals surface area (Å²) in [4.78, 5) is 14.4. The van der Waals surface area contributed by atoms with Crippen LogP contribution < -0.4 is 11.1 Å². The predicted octanol–water partition coefficient (Wildman–Crippen LogP) is 3.40. The van der Waals surface area contributed by atoms with Gasteiger partial charge in [-0.3, -0.25) is 9.69 Å². The van der Waals surface area contributed by atoms with E-state index in [-0.39, 0.29) is 24.4 Å². The second-order valence-electron chi connectivity index (χ2n) is 5.80. The molecule has 0 aromatic heterocycles. The summed E-state index contributed by atoms with van der Waals surface area (Å²) in [6.07, 6.45) is 0. The maximum absolute atomic E-state index is 12.4. The molecule has 1 atom stereocenters. The number of hydrogen-bond acceptors (Lipinski definition) is 3. The van der Waals surface area contributed by atoms with Crippen LogP contribution in [-0.2, 0) is 11.3 Å². The van der Waals surface area contributed by atoms with E-state index in [0.29, 0.717) is 31.2 Å². The van der Waals surface area contributed by atoms with Crippen molar-refractivity contribution in [3.05, 3.63) is 70.7 Å². The van der Waals surface area contributed by atoms with Crippen LogP contribution in [0.15, 0.2) is 54.6 Å². The summed E-state index contributed by atoms with van der Waals surface area (Å²) in [6.45, 7) is 4.12. The van der Waals surface area contributed by atoms with Crippen molar-refractivity contribution in [1.82, 2.24) is 10.2 Å². The molecule has 2 aromatic rings. The first-order valence-electron chi connectivity index (χ1n) is 8.10. The maximum Gasteiger partial charge on any atom is 0.234 e. The number of carbonyl (C=O) groups is 1. The number of amides is 1. The first-order chi connectivity index (χ1) is 11.6. The van der Waals surface area contributed by atoms with Gasteiger partial charge < -0.3 is 11.1 Å². The molecule has 3 N–H and O–H groups in total. The third kappa shape index (κ3) is 7.04. The van der Waals surface area contributed by atoms with E-state index in [4.69, 9.17) is 17.3 Å². The number of carbonyl (C=O) groups excluding carboxylic acids is 1. The molecule has 6 heteroatoms. The van der Waals surface area contributed by atoms with Gasteiger partial charge >= 0.3 is 0 Å². The van der Waals surface area contributed by atoms with Crippen molar-refractivity contribution < 1.29 is 4.79 Å². The highest BCUT2D eigenvalue weighted by atomic mass is 35.5. The Morgan fingerprint density at radius 1 is 1.16 bits per heavy atom. The van der Waals surface area contributed by atoms with Crippen LogP contribution in [0.5, 0.6) is 0 Å². The summed E-state index contributed by atoms with van der Waals surface area (Å²) >= 11 is 6.19. The molecule has 25 heavy (non-hydrogen) atoms. The van der Waals surface area contributed by atoms with E-state index in [1.807, 2.05) is 66.4 Å². The number of halogens is 2. The highest BCUT2D eigenvalue weighted by Crippen LogP contribution is 2.22. The number of rotatable bonds is 8. The quantitative estimate of drug-likeness (QED) is 0.736. The van der Waals surface area contributed by atoms with E-state index < -0.39 is 0 Å². The standard InChI is InChI=1S/C19H24ClN3O.ClH/c1-15(17-9-5-6-10-18(17)20)22-19(24)14-23(12-11-21)13-16-7-3-2-4-8-16;/h2-10,15H,11-14,21H2,1H3,(H,22,24);1H. The Morgan fingerprint density at radius 3 is 2.44 bits per heavy atom. The van der Waals surface area contributed by atoms with E-state index in [0.717, 1.165) is 11.1 Å². The molecule has 1 amide bonds. The zero-order valence-electron chi connectivity index (χ0n) is 14.3. The van der Waals surface area contributed by atoms with Gasteiger partial charge in [0.25, 0.3) is 0 Å². The molecule has 0 aliphatic heterocycles. The maximum atomic E-state index is 12.4. The fraction of sp³-hybridized carbons (Fsp3) is 0.316. The first kappa shape index (κ1) is 21.5. The molecule has 0 heterocycles. The summed E-state index contributed by atoms with van der Waals surface area (Å²) in [5.74, 6) is -0.0354. The van der Waals surface area contributed by atoms with Crippen LogP contribution in [0.25, 0.3) is 0 Å². The molecule has 0 bridgehead atoms. The lowest BCUT2D eigenvalue weighted by atomic mass is 10.1. The molecular weight excluding hydrogens is 357 g/mol. The Morgan fingerprint density at radius 2 is 1.80 bits per heavy atom. The summed E-state index contributed by atoms with van der Waals surface area (Å²) in [7, 11) is 0. The fourth-order valence-corrected chi connectivity index (χ4v) is 2.93. The van der Waals surface area contributed by atoms with Crippen molar-refractivity contribution in [2.75, 3.05) is 19.6 Å². The van der Waals surface area contributed by atoms with Crippen molar-refractivity contribution >= 4 is 29.9 Å². The molecule has 2 rings (SSSR count). The number of benzene rings is 2. The Balaban J connectivity index is 0.00000312. The Bertz CT molecular complexity index is 652. The van der Waals surface area contributed by atoms with Crippen molar-refractivity contribution in [2.45, 2.75) is 19.5 Å². The van der Waals surface area contributed by atoms with Crippen LogP contribution in [0.4, 0.5) is 0 Å². The number of nitrogens with two attached hydrogens (primary N) is 1. The predicted molar refractivity (Wildman–Crippen MR) is 106 cm³/mol. The summed E-state index contributed by atoms with van der Waals surface area (Å²) in [5.41, 5.74) is 7.76. The van der Waals surface area contributed by atoms with Gasteiger partial charge in [0.1, 0.15) is 0 Å². The SMILES string of the molecule is CC(NC(=O)CN(CCN)Cc1ccccc1)c1ccccc1Cl.Cl. The molecule has 0 aliphatic rings. The van der Waals surface area contributed by atoms with Crippen LogP contribution in [0.1, 0.15) is 24.1 Å². The van der Waals surface area contributed by atoms with E-state index >= 15 is 0 Å². The van der Waals surface area contributed by atoms with Gasteiger partial charge in [0.15, 0.2) is 0 Å². The third-order valence-corrected chi connectivity index (χ3v) is 4.15. The van der Waals surface area contributed by atoms with Gasteiger partial charge in [-0.1, -0.05) is 60.1 Å². The molecule has 136 valence electrons. The monoisotopic (exact) mass is 381 g/mol. The van der Waals surface area contributed by atoms with Crippen LogP contribution >= 0.6 is 24.0 Å². The minimum absolute atomic E-state index is 0. The third-order valence-electron chi connectivity index (χ3n) is 3.81. The average molecular weight is 382 g/mol. The van der Waals surface area contributed by atoms with E-state index in [1.54, 1.807) is 0 Å². The summed E-state index contributed by atoms with van der Waals surface area (Å²) in [5, 5.41) is 3.67. The molecule has 0 saturated heterocycles. The minimum atomic E-state index is -0.136. The van der Waals surface area contributed by atoms with Crippen molar-refractivity contribution in [2.24, 2.45) is 5.73 Å². The van der Waals surface area contributed by atoms with E-state index in [2.05, 4.69) is 5.32 Å². The molecule has 0 fully saturated rings. The van der Waals surface area contributed by atoms with Gasteiger partial charge in [-0.25, -0.2) is 0 Å². The zero-order chi connectivity index (χ0) is 17.4. The number of hydrogen-bond donors (Lipinski definition) is 2. The molecule has 0 spiro atoms. The van der Waals surface area contributed by atoms with Gasteiger partial charge in [-0.05, 0) is 24.1 Å². The van der Waals surface area contributed by atoms with Gasteiger partial charge in [0.2, 0.25) is 5.91 Å². The smallest absolute Gasteiger partial charge is 0.234 e. The Kier molecular flexibility index (Phi) is 9.53. The van der Waals surface area contributed by atoms with E-state index in [1.165, 1.54) is 0 Å². The number of nitrogens with zero attached hydrogens (tertiary/aromatic N) is 1. The van der Waals surface area contributed by atoms with Gasteiger partial charge in [-0.2, -0.15) is 0 Å². The molecule has 0 aliphatic carbocycles. The molecular formula is C19H25Cl2N3O. The van der Waals surface area contributed by atoms with Crippen LogP contribution in [-0.4, -0.2) is 30.4 Å². The molecule has 2 aromatic carbocycles. The second-order valence-corrected chi connectivity index (χ2v) is 6.20. The molecule has 0 radical (unpaired) electrons.